The summed E-state index contributed by atoms with van der Waals surface area (Å²) in [5.74, 6) is 3.42. The zero-order chi connectivity index (χ0) is 21.3. The van der Waals surface area contributed by atoms with Crippen molar-refractivity contribution in [1.29, 1.82) is 0 Å². The SMILES string of the molecule is Cc1ccc(OCCN(C)C(=NCc2ccccc2)NCc2nnc(C)n2C)cc1. The molecule has 0 fully saturated rings. The number of aromatic nitrogens is 3. The van der Waals surface area contributed by atoms with E-state index in [2.05, 4.69) is 51.6 Å². The van der Waals surface area contributed by atoms with Crippen molar-refractivity contribution in [3.05, 3.63) is 77.4 Å². The summed E-state index contributed by atoms with van der Waals surface area (Å²) in [4.78, 5) is 6.87. The molecule has 0 amide bonds. The van der Waals surface area contributed by atoms with E-state index in [1.807, 2.05) is 55.9 Å². The van der Waals surface area contributed by atoms with E-state index in [0.717, 1.165) is 28.9 Å². The van der Waals surface area contributed by atoms with Crippen LogP contribution in [-0.4, -0.2) is 45.8 Å². The van der Waals surface area contributed by atoms with Crippen LogP contribution in [0.15, 0.2) is 59.6 Å². The van der Waals surface area contributed by atoms with Gasteiger partial charge in [0.15, 0.2) is 11.8 Å². The Balaban J connectivity index is 1.62. The van der Waals surface area contributed by atoms with Crippen molar-refractivity contribution >= 4 is 5.96 Å². The molecule has 0 atom stereocenters. The Labute approximate surface area is 178 Å². The Hall–Kier alpha value is -3.35. The highest BCUT2D eigenvalue weighted by molar-refractivity contribution is 5.79. The Bertz CT molecular complexity index is 950. The van der Waals surface area contributed by atoms with Crippen LogP contribution in [0.1, 0.15) is 22.8 Å². The number of ether oxygens (including phenoxy) is 1. The first-order valence-electron chi connectivity index (χ1n) is 10.1. The zero-order valence-electron chi connectivity index (χ0n) is 18.2. The van der Waals surface area contributed by atoms with Crippen molar-refractivity contribution in [2.45, 2.75) is 26.9 Å². The van der Waals surface area contributed by atoms with Gasteiger partial charge in [-0.2, -0.15) is 0 Å². The number of guanidine groups is 1. The lowest BCUT2D eigenvalue weighted by atomic mass is 10.2. The van der Waals surface area contributed by atoms with Gasteiger partial charge >= 0.3 is 0 Å². The molecule has 0 radical (unpaired) electrons. The standard InChI is InChI=1S/C23H30N6O/c1-18-10-12-21(13-11-18)30-15-14-28(3)23(24-16-20-8-6-5-7-9-20)25-17-22-27-26-19(2)29(22)4/h5-13H,14-17H2,1-4H3,(H,24,25). The third-order valence-corrected chi connectivity index (χ3v) is 4.92. The topological polar surface area (TPSA) is 67.6 Å². The van der Waals surface area contributed by atoms with E-state index in [1.165, 1.54) is 5.56 Å². The quantitative estimate of drug-likeness (QED) is 0.460. The maximum atomic E-state index is 5.88. The first-order chi connectivity index (χ1) is 14.5. The lowest BCUT2D eigenvalue weighted by molar-refractivity contribution is 0.281. The van der Waals surface area contributed by atoms with Crippen LogP contribution in [0.5, 0.6) is 5.75 Å². The van der Waals surface area contributed by atoms with E-state index >= 15 is 0 Å². The van der Waals surface area contributed by atoms with E-state index in [4.69, 9.17) is 9.73 Å². The summed E-state index contributed by atoms with van der Waals surface area (Å²) < 4.78 is 7.85. The number of nitrogens with zero attached hydrogens (tertiary/aromatic N) is 5. The summed E-state index contributed by atoms with van der Waals surface area (Å²) in [6.45, 7) is 6.42. The highest BCUT2D eigenvalue weighted by Gasteiger charge is 2.10. The molecule has 0 spiro atoms. The average molecular weight is 407 g/mol. The molecular formula is C23H30N6O. The van der Waals surface area contributed by atoms with Crippen molar-refractivity contribution in [3.63, 3.8) is 0 Å². The first kappa shape index (κ1) is 21.4. The van der Waals surface area contributed by atoms with Gasteiger partial charge in [-0.25, -0.2) is 4.99 Å². The molecule has 0 unspecified atom stereocenters. The minimum Gasteiger partial charge on any atom is -0.492 e. The summed E-state index contributed by atoms with van der Waals surface area (Å²) in [5, 5.41) is 11.8. The van der Waals surface area contributed by atoms with E-state index in [9.17, 15) is 0 Å². The molecule has 1 heterocycles. The van der Waals surface area contributed by atoms with Crippen molar-refractivity contribution in [2.75, 3.05) is 20.2 Å². The molecule has 1 aromatic heterocycles. The molecule has 158 valence electrons. The molecule has 7 nitrogen and oxygen atoms in total. The van der Waals surface area contributed by atoms with Crippen LogP contribution in [0.3, 0.4) is 0 Å². The maximum Gasteiger partial charge on any atom is 0.194 e. The fraction of sp³-hybridized carbons (Fsp3) is 0.348. The van der Waals surface area contributed by atoms with Crippen molar-refractivity contribution in [1.82, 2.24) is 25.0 Å². The molecule has 3 rings (SSSR count). The summed E-state index contributed by atoms with van der Waals surface area (Å²) in [5.41, 5.74) is 2.38. The Morgan fingerprint density at radius 3 is 2.47 bits per heavy atom. The number of aryl methyl sites for hydroxylation is 2. The van der Waals surface area contributed by atoms with Gasteiger partial charge in [0.1, 0.15) is 18.2 Å². The van der Waals surface area contributed by atoms with Gasteiger partial charge in [-0.3, -0.25) is 0 Å². The average Bonchev–Trinajstić information content (AvgIpc) is 3.08. The molecule has 0 saturated carbocycles. The third kappa shape index (κ3) is 6.07. The molecule has 0 aliphatic carbocycles. The number of nitrogens with one attached hydrogen (secondary N) is 1. The molecule has 3 aromatic rings. The van der Waals surface area contributed by atoms with Crippen LogP contribution in [0, 0.1) is 13.8 Å². The third-order valence-electron chi connectivity index (χ3n) is 4.92. The van der Waals surface area contributed by atoms with Gasteiger partial charge in [-0.1, -0.05) is 48.0 Å². The van der Waals surface area contributed by atoms with E-state index < -0.39 is 0 Å². The number of rotatable bonds is 8. The molecule has 1 N–H and O–H groups in total. The van der Waals surface area contributed by atoms with E-state index in [1.54, 1.807) is 0 Å². The monoisotopic (exact) mass is 406 g/mol. The molecule has 0 bridgehead atoms. The smallest absolute Gasteiger partial charge is 0.194 e. The number of likely N-dealkylation sites (N-methyl/N-ethyl adjacent to an activating group) is 1. The highest BCUT2D eigenvalue weighted by Crippen LogP contribution is 2.11. The minimum absolute atomic E-state index is 0.550. The van der Waals surface area contributed by atoms with Gasteiger partial charge in [-0.15, -0.1) is 10.2 Å². The zero-order valence-corrected chi connectivity index (χ0v) is 18.2. The normalized spacial score (nSPS) is 11.4. The van der Waals surface area contributed by atoms with Gasteiger partial charge in [-0.05, 0) is 31.5 Å². The second kappa shape index (κ2) is 10.4. The summed E-state index contributed by atoms with van der Waals surface area (Å²) in [7, 11) is 3.98. The minimum atomic E-state index is 0.550. The molecule has 0 aliphatic heterocycles. The van der Waals surface area contributed by atoms with Crippen LogP contribution >= 0.6 is 0 Å². The summed E-state index contributed by atoms with van der Waals surface area (Å²) >= 11 is 0. The first-order valence-corrected chi connectivity index (χ1v) is 10.1. The molecule has 0 saturated heterocycles. The Morgan fingerprint density at radius 2 is 1.80 bits per heavy atom. The van der Waals surface area contributed by atoms with Gasteiger partial charge in [0.2, 0.25) is 0 Å². The summed E-state index contributed by atoms with van der Waals surface area (Å²) in [6.07, 6.45) is 0. The largest absolute Gasteiger partial charge is 0.492 e. The van der Waals surface area contributed by atoms with Gasteiger partial charge in [0, 0.05) is 14.1 Å². The van der Waals surface area contributed by atoms with Gasteiger partial charge in [0.05, 0.1) is 19.6 Å². The Kier molecular flexibility index (Phi) is 7.43. The molecule has 30 heavy (non-hydrogen) atoms. The van der Waals surface area contributed by atoms with Crippen LogP contribution < -0.4 is 10.1 Å². The second-order valence-corrected chi connectivity index (χ2v) is 7.28. The van der Waals surface area contributed by atoms with Gasteiger partial charge in [0.25, 0.3) is 0 Å². The predicted octanol–water partition coefficient (Wildman–Crippen LogP) is 3.09. The highest BCUT2D eigenvalue weighted by atomic mass is 16.5. The number of hydrogen-bond donors (Lipinski definition) is 1. The number of benzene rings is 2. The molecule has 0 aliphatic rings. The van der Waals surface area contributed by atoms with Crippen LogP contribution in [0.25, 0.3) is 0 Å². The summed E-state index contributed by atoms with van der Waals surface area (Å²) in [6, 6.07) is 18.3. The maximum absolute atomic E-state index is 5.88. The fourth-order valence-corrected chi connectivity index (χ4v) is 2.87. The Morgan fingerprint density at radius 1 is 1.07 bits per heavy atom. The lowest BCUT2D eigenvalue weighted by Gasteiger charge is -2.22. The van der Waals surface area contributed by atoms with Crippen LogP contribution in [0.4, 0.5) is 0 Å². The second-order valence-electron chi connectivity index (χ2n) is 7.28. The van der Waals surface area contributed by atoms with Crippen LogP contribution in [0.2, 0.25) is 0 Å². The fourth-order valence-electron chi connectivity index (χ4n) is 2.87. The lowest BCUT2D eigenvalue weighted by Crippen LogP contribution is -2.41. The predicted molar refractivity (Wildman–Crippen MR) is 119 cm³/mol. The van der Waals surface area contributed by atoms with Crippen molar-refractivity contribution in [2.24, 2.45) is 12.0 Å². The van der Waals surface area contributed by atoms with Crippen LogP contribution in [-0.2, 0) is 20.1 Å². The number of hydrogen-bond acceptors (Lipinski definition) is 4. The number of aliphatic imine (C=N–C) groups is 1. The van der Waals surface area contributed by atoms with Crippen molar-refractivity contribution < 1.29 is 4.74 Å². The molecule has 7 heteroatoms. The van der Waals surface area contributed by atoms with E-state index in [-0.39, 0.29) is 0 Å². The van der Waals surface area contributed by atoms with E-state index in [0.29, 0.717) is 26.2 Å². The van der Waals surface area contributed by atoms with Crippen molar-refractivity contribution in [3.8, 4) is 5.75 Å². The van der Waals surface area contributed by atoms with Gasteiger partial charge < -0.3 is 19.5 Å². The molecule has 2 aromatic carbocycles. The molecular weight excluding hydrogens is 376 g/mol.